The maximum absolute atomic E-state index is 14.0. The van der Waals surface area contributed by atoms with E-state index in [4.69, 9.17) is 10.5 Å². The highest BCUT2D eigenvalue weighted by Crippen LogP contribution is 2.37. The Labute approximate surface area is 211 Å². The number of nitrogens with zero attached hydrogens (tertiary/aromatic N) is 3. The van der Waals surface area contributed by atoms with E-state index in [-0.39, 0.29) is 17.1 Å². The highest BCUT2D eigenvalue weighted by atomic mass is 19.1. The number of rotatable bonds is 6. The molecule has 2 aromatic heterocycles. The number of likely N-dealkylation sites (N-methyl/N-ethyl adjacent to an activating group) is 1. The van der Waals surface area contributed by atoms with Gasteiger partial charge in [-0.25, -0.2) is 9.37 Å². The van der Waals surface area contributed by atoms with Crippen molar-refractivity contribution in [3.8, 4) is 16.9 Å². The van der Waals surface area contributed by atoms with E-state index >= 15 is 0 Å². The number of anilines is 1. The Morgan fingerprint density at radius 1 is 1.19 bits per heavy atom. The van der Waals surface area contributed by atoms with E-state index in [9.17, 15) is 18.8 Å². The zero-order chi connectivity index (χ0) is 26.4. The minimum Gasteiger partial charge on any atom is -0.496 e. The topological polar surface area (TPSA) is 122 Å². The van der Waals surface area contributed by atoms with Crippen molar-refractivity contribution in [2.75, 3.05) is 39.2 Å². The third-order valence-corrected chi connectivity index (χ3v) is 6.79. The molecule has 4 aromatic rings. The first-order valence-corrected chi connectivity index (χ1v) is 11.8. The molecular formula is C27H26FN5O4. The van der Waals surface area contributed by atoms with Gasteiger partial charge < -0.3 is 25.3 Å². The van der Waals surface area contributed by atoms with Gasteiger partial charge in [0, 0.05) is 50.0 Å². The van der Waals surface area contributed by atoms with Crippen molar-refractivity contribution >= 4 is 28.2 Å². The Bertz CT molecular complexity index is 1630. The molecule has 5 rings (SSSR count). The van der Waals surface area contributed by atoms with Crippen molar-refractivity contribution in [1.82, 2.24) is 14.9 Å². The van der Waals surface area contributed by atoms with Crippen LogP contribution in [0.25, 0.3) is 27.7 Å². The molecule has 0 bridgehead atoms. The highest BCUT2D eigenvalue weighted by molar-refractivity contribution is 5.97. The van der Waals surface area contributed by atoms with Gasteiger partial charge in [-0.1, -0.05) is 6.08 Å². The van der Waals surface area contributed by atoms with Gasteiger partial charge in [0.1, 0.15) is 23.3 Å². The monoisotopic (exact) mass is 503 g/mol. The number of benzene rings is 1. The lowest BCUT2D eigenvalue weighted by Crippen LogP contribution is -2.49. The summed E-state index contributed by atoms with van der Waals surface area (Å²) < 4.78 is 19.5. The van der Waals surface area contributed by atoms with Crippen LogP contribution < -0.4 is 26.2 Å². The zero-order valence-electron chi connectivity index (χ0n) is 20.7. The van der Waals surface area contributed by atoms with E-state index in [1.807, 2.05) is 18.2 Å². The van der Waals surface area contributed by atoms with Gasteiger partial charge in [0.2, 0.25) is 16.8 Å². The predicted molar refractivity (Wildman–Crippen MR) is 140 cm³/mol. The number of hydrogen-bond donors (Lipinski definition) is 2. The lowest BCUT2D eigenvalue weighted by Gasteiger charge is -2.31. The lowest BCUT2D eigenvalue weighted by molar-refractivity contribution is -0.130. The number of nitrogens with one attached hydrogen (secondary N) is 1. The second-order valence-electron chi connectivity index (χ2n) is 9.20. The Balaban J connectivity index is 1.45. The Hall–Kier alpha value is -4.31. The predicted octanol–water partition coefficient (Wildman–Crippen LogP) is 2.36. The molecular weight excluding hydrogens is 477 g/mol. The summed E-state index contributed by atoms with van der Waals surface area (Å²) >= 11 is 0. The summed E-state index contributed by atoms with van der Waals surface area (Å²) in [6.45, 7) is 0.851. The molecule has 3 N–H and O–H groups in total. The fourth-order valence-electron chi connectivity index (χ4n) is 4.84. The van der Waals surface area contributed by atoms with E-state index in [1.54, 1.807) is 38.4 Å². The van der Waals surface area contributed by atoms with E-state index < -0.39 is 22.8 Å². The van der Waals surface area contributed by atoms with Crippen LogP contribution in [-0.2, 0) is 4.79 Å². The van der Waals surface area contributed by atoms with Crippen LogP contribution in [-0.4, -0.2) is 55.1 Å². The molecule has 1 unspecified atom stereocenters. The molecule has 190 valence electrons. The molecule has 2 aromatic carbocycles. The van der Waals surface area contributed by atoms with Crippen LogP contribution >= 0.6 is 0 Å². The molecule has 1 atom stereocenters. The van der Waals surface area contributed by atoms with Gasteiger partial charge in [-0.3, -0.25) is 14.4 Å². The quantitative estimate of drug-likeness (QED) is 0.388. The van der Waals surface area contributed by atoms with Crippen molar-refractivity contribution in [1.29, 1.82) is 0 Å². The summed E-state index contributed by atoms with van der Waals surface area (Å²) in [6.07, 6.45) is 4.21. The summed E-state index contributed by atoms with van der Waals surface area (Å²) in [5, 5.41) is 0.822. The number of nitrogens with two attached hydrogens (primary N) is 1. The van der Waals surface area contributed by atoms with Crippen LogP contribution in [0.4, 0.5) is 10.1 Å². The molecule has 1 aliphatic rings. The molecule has 0 radical (unpaired) electrons. The fourth-order valence-corrected chi connectivity index (χ4v) is 4.84. The molecule has 0 spiro atoms. The SMILES string of the molecule is COc1ccc(F)cc1-c1ccnc2[nH]c(C3=CCN(c4c(C(N)C(=O)N(C)C)c(=O)c4=O)CC3)cc12. The van der Waals surface area contributed by atoms with Crippen LogP contribution in [0.3, 0.4) is 0 Å². The average molecular weight is 504 g/mol. The van der Waals surface area contributed by atoms with Gasteiger partial charge in [0.25, 0.3) is 0 Å². The van der Waals surface area contributed by atoms with Gasteiger partial charge in [0.15, 0.2) is 0 Å². The number of carbonyl (C=O) groups is 1. The number of amides is 1. The number of halogens is 1. The Morgan fingerprint density at radius 3 is 2.65 bits per heavy atom. The van der Waals surface area contributed by atoms with Gasteiger partial charge in [-0.15, -0.1) is 0 Å². The van der Waals surface area contributed by atoms with Crippen LogP contribution in [0.2, 0.25) is 0 Å². The van der Waals surface area contributed by atoms with Crippen LogP contribution in [0.1, 0.15) is 23.7 Å². The number of ether oxygens (including phenoxy) is 1. The van der Waals surface area contributed by atoms with Gasteiger partial charge in [-0.2, -0.15) is 0 Å². The Morgan fingerprint density at radius 2 is 1.97 bits per heavy atom. The number of aromatic amines is 1. The highest BCUT2D eigenvalue weighted by Gasteiger charge is 2.34. The molecule has 0 fully saturated rings. The minimum absolute atomic E-state index is 0.0732. The van der Waals surface area contributed by atoms with E-state index in [1.165, 1.54) is 17.0 Å². The summed E-state index contributed by atoms with van der Waals surface area (Å²) in [6, 6.07) is 7.00. The van der Waals surface area contributed by atoms with E-state index in [0.29, 0.717) is 36.5 Å². The average Bonchev–Trinajstić information content (AvgIpc) is 3.35. The van der Waals surface area contributed by atoms with Crippen LogP contribution in [0.5, 0.6) is 5.75 Å². The second-order valence-corrected chi connectivity index (χ2v) is 9.20. The molecule has 37 heavy (non-hydrogen) atoms. The summed E-state index contributed by atoms with van der Waals surface area (Å²) in [5.74, 6) is -0.242. The zero-order valence-corrected chi connectivity index (χ0v) is 20.7. The number of H-pyrrole nitrogens is 1. The molecule has 0 saturated carbocycles. The lowest BCUT2D eigenvalue weighted by atomic mass is 9.95. The molecule has 9 nitrogen and oxygen atoms in total. The summed E-state index contributed by atoms with van der Waals surface area (Å²) in [7, 11) is 4.64. The molecule has 1 aliphatic heterocycles. The smallest absolute Gasteiger partial charge is 0.249 e. The van der Waals surface area contributed by atoms with Crippen LogP contribution in [0.15, 0.2) is 52.2 Å². The Kier molecular flexibility index (Phi) is 6.12. The van der Waals surface area contributed by atoms with Crippen molar-refractivity contribution in [3.63, 3.8) is 0 Å². The molecule has 10 heteroatoms. The van der Waals surface area contributed by atoms with E-state index in [0.717, 1.165) is 22.2 Å². The largest absolute Gasteiger partial charge is 0.496 e. The van der Waals surface area contributed by atoms with Gasteiger partial charge in [-0.05, 0) is 47.9 Å². The van der Waals surface area contributed by atoms with Crippen molar-refractivity contribution in [2.45, 2.75) is 12.5 Å². The van der Waals surface area contributed by atoms with E-state index in [2.05, 4.69) is 9.97 Å². The minimum atomic E-state index is -1.17. The van der Waals surface area contributed by atoms with Gasteiger partial charge in [0.05, 0.1) is 18.4 Å². The first-order chi connectivity index (χ1) is 17.7. The maximum Gasteiger partial charge on any atom is 0.249 e. The second kappa shape index (κ2) is 9.29. The third kappa shape index (κ3) is 4.09. The molecule has 0 saturated heterocycles. The molecule has 1 amide bonds. The maximum atomic E-state index is 14.0. The number of methoxy groups -OCH3 is 1. The number of hydrogen-bond acceptors (Lipinski definition) is 7. The van der Waals surface area contributed by atoms with Crippen molar-refractivity contribution in [2.24, 2.45) is 5.73 Å². The summed E-state index contributed by atoms with van der Waals surface area (Å²) in [4.78, 5) is 47.8. The van der Waals surface area contributed by atoms with Crippen molar-refractivity contribution < 1.29 is 13.9 Å². The first kappa shape index (κ1) is 24.4. The van der Waals surface area contributed by atoms with Crippen LogP contribution in [0, 0.1) is 5.82 Å². The number of carbonyl (C=O) groups excluding carboxylic acids is 1. The number of pyridine rings is 1. The normalized spacial score (nSPS) is 14.6. The fraction of sp³-hybridized carbons (Fsp3) is 0.259. The number of fused-ring (bicyclic) bond motifs is 1. The van der Waals surface area contributed by atoms with Crippen molar-refractivity contribution in [3.05, 3.63) is 80.1 Å². The molecule has 0 aliphatic carbocycles. The summed E-state index contributed by atoms with van der Waals surface area (Å²) in [5.41, 5.74) is 8.94. The first-order valence-electron chi connectivity index (χ1n) is 11.8. The molecule has 3 heterocycles. The standard InChI is InChI=1S/C27H26FN5O4/c1-32(2)27(36)22(29)21-23(25(35)24(21)34)33-10-7-14(8-11-33)19-13-18-16(6-9-30-26(18)31-19)17-12-15(28)4-5-20(17)37-3/h4-7,9,12-13,22H,8,10-11,29H2,1-3H3,(H,30,31). The third-order valence-electron chi connectivity index (χ3n) is 6.79. The van der Waals surface area contributed by atoms with Gasteiger partial charge >= 0.3 is 0 Å². The number of aromatic nitrogens is 2.